The van der Waals surface area contributed by atoms with Gasteiger partial charge >= 0.3 is 13.2 Å². The van der Waals surface area contributed by atoms with Crippen molar-refractivity contribution < 1.29 is 24.4 Å². The number of hydrogen-bond acceptors (Lipinski definition) is 6. The van der Waals surface area contributed by atoms with Gasteiger partial charge in [-0.2, -0.15) is 5.26 Å². The quantitative estimate of drug-likeness (QED) is 0.489. The third-order valence-corrected chi connectivity index (χ3v) is 5.52. The Hall–Kier alpha value is -2.57. The average molecular weight is 429 g/mol. The van der Waals surface area contributed by atoms with Gasteiger partial charge in [0.2, 0.25) is 5.91 Å². The van der Waals surface area contributed by atoms with Crippen molar-refractivity contribution >= 4 is 19.1 Å². The topological polar surface area (TPSA) is 123 Å². The van der Waals surface area contributed by atoms with E-state index in [-0.39, 0.29) is 25.0 Å². The van der Waals surface area contributed by atoms with Crippen LogP contribution in [0.4, 0.5) is 4.79 Å². The van der Waals surface area contributed by atoms with Crippen LogP contribution in [-0.4, -0.2) is 59.2 Å². The van der Waals surface area contributed by atoms with Gasteiger partial charge in [-0.05, 0) is 43.6 Å². The van der Waals surface area contributed by atoms with Crippen LogP contribution in [0.1, 0.15) is 45.1 Å². The number of benzene rings is 1. The van der Waals surface area contributed by atoms with Crippen molar-refractivity contribution in [3.63, 3.8) is 0 Å². The summed E-state index contributed by atoms with van der Waals surface area (Å²) < 4.78 is 5.29. The molecule has 1 aromatic carbocycles. The van der Waals surface area contributed by atoms with Gasteiger partial charge < -0.3 is 25.0 Å². The fraction of sp³-hybridized carbons (Fsp3) is 0.591. The minimum Gasteiger partial charge on any atom is -0.447 e. The van der Waals surface area contributed by atoms with Gasteiger partial charge in [-0.25, -0.2) is 4.79 Å². The number of likely N-dealkylation sites (tertiary alicyclic amines) is 1. The van der Waals surface area contributed by atoms with Gasteiger partial charge in [-0.1, -0.05) is 44.2 Å². The number of carbonyl (C=O) groups is 2. The predicted octanol–water partition coefficient (Wildman–Crippen LogP) is 1.90. The van der Waals surface area contributed by atoms with Crippen LogP contribution in [0.15, 0.2) is 30.3 Å². The number of nitrogens with one attached hydrogen (secondary N) is 1. The van der Waals surface area contributed by atoms with Gasteiger partial charge in [-0.15, -0.1) is 0 Å². The Morgan fingerprint density at radius 3 is 2.61 bits per heavy atom. The molecule has 1 unspecified atom stereocenters. The van der Waals surface area contributed by atoms with Crippen LogP contribution in [0.5, 0.6) is 0 Å². The maximum Gasteiger partial charge on any atom is 0.475 e. The zero-order chi connectivity index (χ0) is 22.8. The SMILES string of the molecule is CC(C)CCC(C#N)C(=O)N1CCC[C@H]1COC(=O)N[C@@H](Cc1ccccc1)B(O)O. The van der Waals surface area contributed by atoms with Gasteiger partial charge in [0.25, 0.3) is 0 Å². The molecule has 8 nitrogen and oxygen atoms in total. The zero-order valence-electron chi connectivity index (χ0n) is 18.2. The number of alkyl carbamates (subject to hydrolysis) is 1. The minimum absolute atomic E-state index is 0.000513. The normalized spacial score (nSPS) is 17.7. The van der Waals surface area contributed by atoms with Crippen molar-refractivity contribution in [2.24, 2.45) is 11.8 Å². The minimum atomic E-state index is -1.74. The van der Waals surface area contributed by atoms with E-state index in [0.717, 1.165) is 18.4 Å². The first kappa shape index (κ1) is 24.7. The molecule has 1 aliphatic rings. The highest BCUT2D eigenvalue weighted by molar-refractivity contribution is 6.43. The molecule has 1 heterocycles. The molecule has 2 amide bonds. The monoisotopic (exact) mass is 429 g/mol. The Balaban J connectivity index is 1.87. The molecule has 0 radical (unpaired) electrons. The lowest BCUT2D eigenvalue weighted by molar-refractivity contribution is -0.135. The summed E-state index contributed by atoms with van der Waals surface area (Å²) >= 11 is 0. The molecule has 0 saturated carbocycles. The first-order valence-electron chi connectivity index (χ1n) is 10.8. The smallest absolute Gasteiger partial charge is 0.447 e. The lowest BCUT2D eigenvalue weighted by Crippen LogP contribution is -2.49. The molecule has 0 aromatic heterocycles. The summed E-state index contributed by atoms with van der Waals surface area (Å²) in [5, 5.41) is 31.1. The second-order valence-corrected chi connectivity index (χ2v) is 8.43. The number of hydrogen-bond donors (Lipinski definition) is 3. The van der Waals surface area contributed by atoms with E-state index in [1.807, 2.05) is 30.3 Å². The van der Waals surface area contributed by atoms with E-state index in [1.165, 1.54) is 0 Å². The predicted molar refractivity (Wildman–Crippen MR) is 117 cm³/mol. The molecule has 0 aliphatic carbocycles. The Kier molecular flexibility index (Phi) is 9.82. The maximum absolute atomic E-state index is 12.8. The molecule has 1 saturated heterocycles. The molecule has 168 valence electrons. The van der Waals surface area contributed by atoms with Crippen LogP contribution in [0.25, 0.3) is 0 Å². The summed E-state index contributed by atoms with van der Waals surface area (Å²) in [5.41, 5.74) is 0.845. The number of nitriles is 1. The van der Waals surface area contributed by atoms with Crippen molar-refractivity contribution in [1.29, 1.82) is 5.26 Å². The molecule has 0 spiro atoms. The summed E-state index contributed by atoms with van der Waals surface area (Å²) in [5.74, 6) is -1.40. The van der Waals surface area contributed by atoms with Crippen molar-refractivity contribution in [2.75, 3.05) is 13.2 Å². The fourth-order valence-corrected chi connectivity index (χ4v) is 3.71. The Morgan fingerprint density at radius 1 is 1.29 bits per heavy atom. The summed E-state index contributed by atoms with van der Waals surface area (Å²) in [6.07, 6.45) is 2.26. The molecule has 3 atom stereocenters. The largest absolute Gasteiger partial charge is 0.475 e. The first-order valence-corrected chi connectivity index (χ1v) is 10.8. The highest BCUT2D eigenvalue weighted by Crippen LogP contribution is 2.23. The molecule has 9 heteroatoms. The highest BCUT2D eigenvalue weighted by Gasteiger charge is 2.34. The van der Waals surface area contributed by atoms with E-state index >= 15 is 0 Å². The summed E-state index contributed by atoms with van der Waals surface area (Å²) in [6, 6.07) is 11.0. The van der Waals surface area contributed by atoms with Gasteiger partial charge in [0, 0.05) is 6.54 Å². The summed E-state index contributed by atoms with van der Waals surface area (Å²) in [4.78, 5) is 26.7. The maximum atomic E-state index is 12.8. The van der Waals surface area contributed by atoms with E-state index in [9.17, 15) is 24.9 Å². The van der Waals surface area contributed by atoms with Crippen LogP contribution in [-0.2, 0) is 16.0 Å². The van der Waals surface area contributed by atoms with E-state index in [1.54, 1.807) is 4.90 Å². The van der Waals surface area contributed by atoms with Gasteiger partial charge in [0.05, 0.1) is 18.1 Å². The molecule has 31 heavy (non-hydrogen) atoms. The summed E-state index contributed by atoms with van der Waals surface area (Å²) in [7, 11) is -1.74. The highest BCUT2D eigenvalue weighted by atomic mass is 16.5. The number of carbonyl (C=O) groups excluding carboxylic acids is 2. The second kappa shape index (κ2) is 12.3. The van der Waals surface area contributed by atoms with Crippen LogP contribution in [0, 0.1) is 23.2 Å². The van der Waals surface area contributed by atoms with Crippen molar-refractivity contribution in [2.45, 2.75) is 57.9 Å². The number of amides is 2. The van der Waals surface area contributed by atoms with E-state index in [4.69, 9.17) is 4.74 Å². The Morgan fingerprint density at radius 2 is 2.00 bits per heavy atom. The lowest BCUT2D eigenvalue weighted by Gasteiger charge is -2.27. The number of rotatable bonds is 10. The van der Waals surface area contributed by atoms with Crippen molar-refractivity contribution in [3.05, 3.63) is 35.9 Å². The third kappa shape index (κ3) is 7.89. The fourth-order valence-electron chi connectivity index (χ4n) is 3.71. The van der Waals surface area contributed by atoms with Crippen LogP contribution >= 0.6 is 0 Å². The third-order valence-electron chi connectivity index (χ3n) is 5.52. The Bertz CT molecular complexity index is 753. The summed E-state index contributed by atoms with van der Waals surface area (Å²) in [6.45, 7) is 4.65. The van der Waals surface area contributed by atoms with Gasteiger partial charge in [-0.3, -0.25) is 4.79 Å². The molecule has 1 aliphatic heterocycles. The van der Waals surface area contributed by atoms with Crippen LogP contribution in [0.2, 0.25) is 0 Å². The Labute approximate surface area is 184 Å². The van der Waals surface area contributed by atoms with Gasteiger partial charge in [0.15, 0.2) is 0 Å². The van der Waals surface area contributed by atoms with E-state index < -0.39 is 25.1 Å². The molecule has 3 N–H and O–H groups in total. The van der Waals surface area contributed by atoms with Crippen molar-refractivity contribution in [1.82, 2.24) is 10.2 Å². The number of nitrogens with zero attached hydrogens (tertiary/aromatic N) is 2. The van der Waals surface area contributed by atoms with Crippen molar-refractivity contribution in [3.8, 4) is 6.07 Å². The van der Waals surface area contributed by atoms with Crippen LogP contribution < -0.4 is 5.32 Å². The van der Waals surface area contributed by atoms with E-state index in [2.05, 4.69) is 25.2 Å². The number of ether oxygens (including phenoxy) is 1. The first-order chi connectivity index (χ1) is 14.8. The van der Waals surface area contributed by atoms with E-state index in [0.29, 0.717) is 25.3 Å². The molecular weight excluding hydrogens is 397 g/mol. The zero-order valence-corrected chi connectivity index (χ0v) is 18.2. The standard InChI is InChI=1S/C22H32BN3O5/c1-16(2)10-11-18(14-24)21(27)26-12-6-9-19(26)15-31-22(28)25-20(23(29)30)13-17-7-4-3-5-8-17/h3-5,7-8,16,18-20,29-30H,6,9-13,15H2,1-2H3,(H,25,28)/t18?,19-,20-/m0/s1. The van der Waals surface area contributed by atoms with Gasteiger partial charge in [0.1, 0.15) is 12.5 Å². The molecule has 1 aromatic rings. The molecule has 2 rings (SSSR count). The second-order valence-electron chi connectivity index (χ2n) is 8.43. The van der Waals surface area contributed by atoms with Crippen LogP contribution in [0.3, 0.4) is 0 Å². The molecular formula is C22H32BN3O5. The lowest BCUT2D eigenvalue weighted by atomic mass is 9.76. The molecule has 1 fully saturated rings. The average Bonchev–Trinajstić information content (AvgIpc) is 3.21. The molecule has 0 bridgehead atoms.